The van der Waals surface area contributed by atoms with Gasteiger partial charge in [0.2, 0.25) is 5.91 Å². The number of thiophene rings is 1. The van der Waals surface area contributed by atoms with Crippen LogP contribution in [-0.2, 0) is 19.6 Å². The Kier molecular flexibility index (Phi) is 4.82. The molecule has 4 atom stereocenters. The smallest absolute Gasteiger partial charge is 0.307 e. The van der Waals surface area contributed by atoms with Crippen LogP contribution in [0.5, 0.6) is 0 Å². The topological polar surface area (TPSA) is 95.0 Å². The molecular formula is C17H19ClN2O5S2. The Morgan fingerprint density at radius 2 is 1.70 bits per heavy atom. The van der Waals surface area contributed by atoms with E-state index in [2.05, 4.69) is 0 Å². The molecule has 0 aromatic carbocycles. The number of halogens is 1. The number of rotatable bonds is 4. The summed E-state index contributed by atoms with van der Waals surface area (Å²) in [7, 11) is -3.62. The maximum Gasteiger partial charge on any atom is 0.307 e. The number of amides is 1. The minimum atomic E-state index is -3.62. The van der Waals surface area contributed by atoms with Crippen LogP contribution in [0.25, 0.3) is 0 Å². The Morgan fingerprint density at radius 3 is 2.26 bits per heavy atom. The average molecular weight is 431 g/mol. The fraction of sp³-hybridized carbons (Fsp3) is 0.529. The van der Waals surface area contributed by atoms with Crippen LogP contribution in [0, 0.1) is 23.7 Å². The second-order valence-corrected chi connectivity index (χ2v) is 11.0. The highest BCUT2D eigenvalue weighted by molar-refractivity contribution is 7.91. The number of nitrogens with zero attached hydrogens (tertiary/aromatic N) is 2. The third-order valence-electron chi connectivity index (χ3n) is 5.72. The third kappa shape index (κ3) is 3.20. The van der Waals surface area contributed by atoms with Crippen molar-refractivity contribution in [1.82, 2.24) is 9.21 Å². The predicted octanol–water partition coefficient (Wildman–Crippen LogP) is 1.76. The van der Waals surface area contributed by atoms with Gasteiger partial charge in [-0.1, -0.05) is 23.8 Å². The summed E-state index contributed by atoms with van der Waals surface area (Å²) in [6, 6.07) is 3.03. The monoisotopic (exact) mass is 430 g/mol. The lowest BCUT2D eigenvalue weighted by molar-refractivity contribution is -0.151. The van der Waals surface area contributed by atoms with E-state index in [9.17, 15) is 23.1 Å². The molecule has 1 aromatic rings. The number of carboxylic acids is 1. The number of carbonyl (C=O) groups is 2. The van der Waals surface area contributed by atoms with E-state index in [-0.39, 0.29) is 48.1 Å². The molecule has 2 fully saturated rings. The summed E-state index contributed by atoms with van der Waals surface area (Å²) in [5, 5.41) is 9.53. The van der Waals surface area contributed by atoms with E-state index >= 15 is 0 Å². The normalized spacial score (nSPS) is 30.8. The standard InChI is InChI=1S/C17H19ClN2O5S2/c18-12-3-4-13(26-12)27(24,25)20-7-5-19(6-8-20)16(21)14-10-1-2-11(9-10)15(14)17(22)23/h1-4,10-11,14-15H,5-9H2,(H,22,23)/t10-,11-,14+,15+/m0/s1. The van der Waals surface area contributed by atoms with Gasteiger partial charge in [0.05, 0.1) is 16.2 Å². The summed E-state index contributed by atoms with van der Waals surface area (Å²) >= 11 is 6.85. The van der Waals surface area contributed by atoms with E-state index in [4.69, 9.17) is 11.6 Å². The molecule has 0 unspecified atom stereocenters. The van der Waals surface area contributed by atoms with Crippen molar-refractivity contribution in [2.75, 3.05) is 26.2 Å². The van der Waals surface area contributed by atoms with Crippen molar-refractivity contribution in [2.24, 2.45) is 23.7 Å². The number of sulfonamides is 1. The summed E-state index contributed by atoms with van der Waals surface area (Å²) in [6.07, 6.45) is 4.57. The van der Waals surface area contributed by atoms with Crippen molar-refractivity contribution >= 4 is 44.8 Å². The van der Waals surface area contributed by atoms with Gasteiger partial charge < -0.3 is 10.0 Å². The van der Waals surface area contributed by atoms with Crippen LogP contribution < -0.4 is 0 Å². The molecule has 4 rings (SSSR count). The molecule has 1 amide bonds. The van der Waals surface area contributed by atoms with Gasteiger partial charge in [0.1, 0.15) is 4.21 Å². The largest absolute Gasteiger partial charge is 0.481 e. The first-order chi connectivity index (χ1) is 12.8. The van der Waals surface area contributed by atoms with Gasteiger partial charge in [-0.3, -0.25) is 9.59 Å². The second kappa shape index (κ2) is 6.88. The van der Waals surface area contributed by atoms with Gasteiger partial charge in [0.25, 0.3) is 10.0 Å². The number of fused-ring (bicyclic) bond motifs is 2. The van der Waals surface area contributed by atoms with Crippen LogP contribution >= 0.6 is 22.9 Å². The average Bonchev–Trinajstić information content (AvgIpc) is 3.36. The number of hydrogen-bond donors (Lipinski definition) is 1. The molecule has 146 valence electrons. The summed E-state index contributed by atoms with van der Waals surface area (Å²) in [4.78, 5) is 26.2. The van der Waals surface area contributed by atoms with Gasteiger partial charge >= 0.3 is 5.97 Å². The number of carboxylic acid groups (broad SMARTS) is 1. The van der Waals surface area contributed by atoms with Crippen molar-refractivity contribution in [3.63, 3.8) is 0 Å². The molecule has 0 radical (unpaired) electrons. The fourth-order valence-electron chi connectivity index (χ4n) is 4.42. The number of allylic oxidation sites excluding steroid dienone is 2. The van der Waals surface area contributed by atoms with Gasteiger partial charge in [-0.2, -0.15) is 4.31 Å². The first kappa shape index (κ1) is 18.9. The van der Waals surface area contributed by atoms with Gasteiger partial charge in [-0.05, 0) is 30.4 Å². The summed E-state index contributed by atoms with van der Waals surface area (Å²) in [5.74, 6) is -2.43. The highest BCUT2D eigenvalue weighted by Gasteiger charge is 2.52. The van der Waals surface area contributed by atoms with Gasteiger partial charge in [0, 0.05) is 26.2 Å². The Hall–Kier alpha value is -1.42. The van der Waals surface area contributed by atoms with Crippen molar-refractivity contribution < 1.29 is 23.1 Å². The van der Waals surface area contributed by atoms with Crippen LogP contribution in [-0.4, -0.2) is 60.8 Å². The van der Waals surface area contributed by atoms with E-state index in [0.717, 1.165) is 11.3 Å². The number of aliphatic carboxylic acids is 1. The molecule has 1 saturated carbocycles. The number of carbonyl (C=O) groups excluding carboxylic acids is 1. The lowest BCUT2D eigenvalue weighted by Gasteiger charge is -2.37. The molecule has 1 aliphatic heterocycles. The molecule has 0 spiro atoms. The van der Waals surface area contributed by atoms with Crippen molar-refractivity contribution in [2.45, 2.75) is 10.6 Å². The van der Waals surface area contributed by atoms with Crippen LogP contribution in [0.4, 0.5) is 0 Å². The first-order valence-electron chi connectivity index (χ1n) is 8.74. The zero-order valence-electron chi connectivity index (χ0n) is 14.3. The van der Waals surface area contributed by atoms with Crippen LogP contribution in [0.1, 0.15) is 6.42 Å². The van der Waals surface area contributed by atoms with Gasteiger partial charge in [0.15, 0.2) is 0 Å². The van der Waals surface area contributed by atoms with E-state index in [1.807, 2.05) is 12.2 Å². The molecule has 2 aliphatic carbocycles. The predicted molar refractivity (Wildman–Crippen MR) is 100 cm³/mol. The minimum absolute atomic E-state index is 0.0291. The maximum atomic E-state index is 13.0. The lowest BCUT2D eigenvalue weighted by atomic mass is 9.82. The summed E-state index contributed by atoms with van der Waals surface area (Å²) in [6.45, 7) is 0.915. The quantitative estimate of drug-likeness (QED) is 0.734. The zero-order valence-corrected chi connectivity index (χ0v) is 16.7. The molecule has 1 N–H and O–H groups in total. The van der Waals surface area contributed by atoms with E-state index in [1.165, 1.54) is 10.4 Å². The molecule has 1 aromatic heterocycles. The van der Waals surface area contributed by atoms with Crippen LogP contribution in [0.2, 0.25) is 4.34 Å². The Bertz CT molecular complexity index is 904. The van der Waals surface area contributed by atoms with Gasteiger partial charge in [-0.25, -0.2) is 8.42 Å². The maximum absolute atomic E-state index is 13.0. The number of piperazine rings is 1. The molecule has 10 heteroatoms. The number of hydrogen-bond acceptors (Lipinski definition) is 5. The second-order valence-electron chi connectivity index (χ2n) is 7.13. The SMILES string of the molecule is O=C(O)[C@H]1[C@H](C(=O)N2CCN(S(=O)(=O)c3ccc(Cl)s3)CC2)[C@H]2C=C[C@H]1C2. The molecule has 3 aliphatic rings. The Balaban J connectivity index is 1.44. The Labute approximate surface area is 166 Å². The molecule has 2 heterocycles. The lowest BCUT2D eigenvalue weighted by Crippen LogP contribution is -2.53. The molecule has 1 saturated heterocycles. The van der Waals surface area contributed by atoms with Crippen LogP contribution in [0.3, 0.4) is 0 Å². The van der Waals surface area contributed by atoms with Crippen molar-refractivity contribution in [3.8, 4) is 0 Å². The molecular weight excluding hydrogens is 412 g/mol. The molecule has 27 heavy (non-hydrogen) atoms. The summed E-state index contributed by atoms with van der Waals surface area (Å²) in [5.41, 5.74) is 0. The minimum Gasteiger partial charge on any atom is -0.481 e. The van der Waals surface area contributed by atoms with E-state index in [0.29, 0.717) is 10.8 Å². The van der Waals surface area contributed by atoms with Crippen molar-refractivity contribution in [3.05, 3.63) is 28.6 Å². The van der Waals surface area contributed by atoms with E-state index in [1.54, 1.807) is 11.0 Å². The summed E-state index contributed by atoms with van der Waals surface area (Å²) < 4.78 is 27.3. The van der Waals surface area contributed by atoms with Crippen molar-refractivity contribution in [1.29, 1.82) is 0 Å². The third-order valence-corrected chi connectivity index (χ3v) is 9.32. The fourth-order valence-corrected chi connectivity index (χ4v) is 7.48. The van der Waals surface area contributed by atoms with Gasteiger partial charge in [-0.15, -0.1) is 11.3 Å². The Morgan fingerprint density at radius 1 is 1.07 bits per heavy atom. The first-order valence-corrected chi connectivity index (χ1v) is 11.4. The van der Waals surface area contributed by atoms with Crippen LogP contribution in [0.15, 0.2) is 28.5 Å². The highest BCUT2D eigenvalue weighted by Crippen LogP contribution is 2.48. The van der Waals surface area contributed by atoms with E-state index < -0.39 is 27.8 Å². The molecule has 2 bridgehead atoms. The highest BCUT2D eigenvalue weighted by atomic mass is 35.5. The molecule has 7 nitrogen and oxygen atoms in total. The zero-order chi connectivity index (χ0) is 19.3.